The van der Waals surface area contributed by atoms with Crippen molar-refractivity contribution >= 4 is 11.3 Å². The minimum atomic E-state index is 0.200. The van der Waals surface area contributed by atoms with Crippen LogP contribution in [0.25, 0.3) is 0 Å². The van der Waals surface area contributed by atoms with Gasteiger partial charge in [-0.25, -0.2) is 0 Å². The SMILES string of the molecule is Cc1sccc1C(N)CC(C)C(C)(C)C. The highest BCUT2D eigenvalue weighted by Gasteiger charge is 2.23. The number of hydrogen-bond acceptors (Lipinski definition) is 2. The van der Waals surface area contributed by atoms with Gasteiger partial charge in [0.2, 0.25) is 0 Å². The molecule has 0 aliphatic carbocycles. The molecule has 2 heteroatoms. The van der Waals surface area contributed by atoms with E-state index in [1.807, 2.05) is 0 Å². The number of hydrogen-bond donors (Lipinski definition) is 1. The Morgan fingerprint density at radius 1 is 1.40 bits per heavy atom. The van der Waals surface area contributed by atoms with Crippen LogP contribution in [0.5, 0.6) is 0 Å². The van der Waals surface area contributed by atoms with Crippen molar-refractivity contribution in [2.75, 3.05) is 0 Å². The summed E-state index contributed by atoms with van der Waals surface area (Å²) < 4.78 is 0. The lowest BCUT2D eigenvalue weighted by atomic mass is 9.78. The summed E-state index contributed by atoms with van der Waals surface area (Å²) in [5.41, 5.74) is 7.92. The molecule has 2 atom stereocenters. The average Bonchev–Trinajstić information content (AvgIpc) is 2.49. The molecule has 86 valence electrons. The Hall–Kier alpha value is -0.340. The molecule has 1 heterocycles. The first-order chi connectivity index (χ1) is 6.82. The van der Waals surface area contributed by atoms with Crippen molar-refractivity contribution in [2.45, 2.75) is 47.1 Å². The Balaban J connectivity index is 2.64. The number of rotatable bonds is 3. The van der Waals surface area contributed by atoms with Gasteiger partial charge in [-0.2, -0.15) is 0 Å². The summed E-state index contributed by atoms with van der Waals surface area (Å²) in [4.78, 5) is 1.36. The largest absolute Gasteiger partial charge is 0.324 e. The first-order valence-electron chi connectivity index (χ1n) is 5.62. The summed E-state index contributed by atoms with van der Waals surface area (Å²) in [7, 11) is 0. The van der Waals surface area contributed by atoms with Crippen LogP contribution in [0.4, 0.5) is 0 Å². The van der Waals surface area contributed by atoms with Crippen LogP contribution in [0, 0.1) is 18.3 Å². The van der Waals surface area contributed by atoms with Gasteiger partial charge in [0.25, 0.3) is 0 Å². The monoisotopic (exact) mass is 225 g/mol. The second-order valence-corrected chi connectivity index (χ2v) is 6.66. The fourth-order valence-corrected chi connectivity index (χ4v) is 2.42. The van der Waals surface area contributed by atoms with Crippen LogP contribution < -0.4 is 5.73 Å². The maximum absolute atomic E-state index is 6.24. The van der Waals surface area contributed by atoms with Crippen LogP contribution in [0.2, 0.25) is 0 Å². The van der Waals surface area contributed by atoms with E-state index in [0.717, 1.165) is 6.42 Å². The summed E-state index contributed by atoms with van der Waals surface area (Å²) >= 11 is 1.79. The molecule has 0 saturated heterocycles. The first-order valence-corrected chi connectivity index (χ1v) is 6.50. The lowest BCUT2D eigenvalue weighted by Crippen LogP contribution is -2.23. The molecule has 15 heavy (non-hydrogen) atoms. The Labute approximate surface area is 97.7 Å². The van der Waals surface area contributed by atoms with Crippen LogP contribution in [0.3, 0.4) is 0 Å². The molecule has 0 radical (unpaired) electrons. The maximum Gasteiger partial charge on any atom is 0.0308 e. The molecule has 0 saturated carbocycles. The third-order valence-electron chi connectivity index (χ3n) is 3.38. The van der Waals surface area contributed by atoms with E-state index in [1.165, 1.54) is 10.4 Å². The van der Waals surface area contributed by atoms with Gasteiger partial charge in [-0.3, -0.25) is 0 Å². The van der Waals surface area contributed by atoms with Gasteiger partial charge in [0.15, 0.2) is 0 Å². The highest BCUT2D eigenvalue weighted by molar-refractivity contribution is 7.10. The normalized spacial score (nSPS) is 16.4. The van der Waals surface area contributed by atoms with Gasteiger partial charge in [0.05, 0.1) is 0 Å². The Morgan fingerprint density at radius 2 is 2.00 bits per heavy atom. The van der Waals surface area contributed by atoms with E-state index in [2.05, 4.69) is 46.1 Å². The molecule has 1 aromatic rings. The predicted molar refractivity (Wildman–Crippen MR) is 69.2 cm³/mol. The second kappa shape index (κ2) is 4.67. The topological polar surface area (TPSA) is 26.0 Å². The molecular formula is C13H23NS. The second-order valence-electron chi connectivity index (χ2n) is 5.54. The maximum atomic E-state index is 6.24. The summed E-state index contributed by atoms with van der Waals surface area (Å²) in [6.45, 7) is 11.3. The van der Waals surface area contributed by atoms with Gasteiger partial charge in [-0.15, -0.1) is 11.3 Å². The van der Waals surface area contributed by atoms with Crippen molar-refractivity contribution in [3.63, 3.8) is 0 Å². The minimum Gasteiger partial charge on any atom is -0.324 e. The van der Waals surface area contributed by atoms with Crippen molar-refractivity contribution < 1.29 is 0 Å². The van der Waals surface area contributed by atoms with Crippen molar-refractivity contribution in [3.8, 4) is 0 Å². The zero-order valence-electron chi connectivity index (χ0n) is 10.5. The summed E-state index contributed by atoms with van der Waals surface area (Å²) in [6, 6.07) is 2.37. The quantitative estimate of drug-likeness (QED) is 0.822. The van der Waals surface area contributed by atoms with E-state index < -0.39 is 0 Å². The number of thiophene rings is 1. The van der Waals surface area contributed by atoms with E-state index in [-0.39, 0.29) is 6.04 Å². The molecule has 0 fully saturated rings. The molecule has 1 rings (SSSR count). The van der Waals surface area contributed by atoms with Crippen molar-refractivity contribution in [1.29, 1.82) is 0 Å². The predicted octanol–water partition coefficient (Wildman–Crippen LogP) is 4.13. The average molecular weight is 225 g/mol. The molecular weight excluding hydrogens is 202 g/mol. The van der Waals surface area contributed by atoms with Gasteiger partial charge in [-0.05, 0) is 41.7 Å². The van der Waals surface area contributed by atoms with Crippen LogP contribution in [-0.4, -0.2) is 0 Å². The standard InChI is InChI=1S/C13H23NS/c1-9(13(3,4)5)8-12(14)11-6-7-15-10(11)2/h6-7,9,12H,8,14H2,1-5H3. The molecule has 1 aromatic heterocycles. The first kappa shape index (κ1) is 12.7. The lowest BCUT2D eigenvalue weighted by molar-refractivity contribution is 0.234. The third-order valence-corrected chi connectivity index (χ3v) is 4.25. The van der Waals surface area contributed by atoms with Gasteiger partial charge < -0.3 is 5.73 Å². The molecule has 0 aliphatic heterocycles. The summed E-state index contributed by atoms with van der Waals surface area (Å²) in [5.74, 6) is 0.645. The minimum absolute atomic E-state index is 0.200. The zero-order chi connectivity index (χ0) is 11.6. The fourth-order valence-electron chi connectivity index (χ4n) is 1.64. The van der Waals surface area contributed by atoms with Crippen LogP contribution in [0.1, 0.15) is 50.6 Å². The number of nitrogens with two attached hydrogens (primary N) is 1. The van der Waals surface area contributed by atoms with E-state index in [1.54, 1.807) is 11.3 Å². The van der Waals surface area contributed by atoms with Gasteiger partial charge in [-0.1, -0.05) is 27.7 Å². The van der Waals surface area contributed by atoms with E-state index in [0.29, 0.717) is 11.3 Å². The number of aryl methyl sites for hydroxylation is 1. The van der Waals surface area contributed by atoms with Crippen molar-refractivity contribution in [3.05, 3.63) is 21.9 Å². The van der Waals surface area contributed by atoms with E-state index in [4.69, 9.17) is 5.73 Å². The summed E-state index contributed by atoms with van der Waals surface area (Å²) in [6.07, 6.45) is 1.07. The third kappa shape index (κ3) is 3.32. The van der Waals surface area contributed by atoms with Crippen LogP contribution in [-0.2, 0) is 0 Å². The highest BCUT2D eigenvalue weighted by atomic mass is 32.1. The molecule has 0 bridgehead atoms. The molecule has 0 aromatic carbocycles. The molecule has 1 nitrogen and oxygen atoms in total. The van der Waals surface area contributed by atoms with Gasteiger partial charge in [0, 0.05) is 10.9 Å². The molecule has 0 aliphatic rings. The van der Waals surface area contributed by atoms with E-state index in [9.17, 15) is 0 Å². The van der Waals surface area contributed by atoms with Gasteiger partial charge in [0.1, 0.15) is 0 Å². The van der Waals surface area contributed by atoms with Crippen molar-refractivity contribution in [2.24, 2.45) is 17.1 Å². The lowest BCUT2D eigenvalue weighted by Gasteiger charge is -2.29. The Bertz CT molecular complexity index is 309. The smallest absolute Gasteiger partial charge is 0.0308 e. The zero-order valence-corrected chi connectivity index (χ0v) is 11.3. The molecule has 0 amide bonds. The molecule has 2 N–H and O–H groups in total. The van der Waals surface area contributed by atoms with E-state index >= 15 is 0 Å². The Kier molecular flexibility index (Phi) is 3.96. The fraction of sp³-hybridized carbons (Fsp3) is 0.692. The molecule has 2 unspecified atom stereocenters. The van der Waals surface area contributed by atoms with Crippen LogP contribution >= 0.6 is 11.3 Å². The highest BCUT2D eigenvalue weighted by Crippen LogP contribution is 2.33. The molecule has 0 spiro atoms. The van der Waals surface area contributed by atoms with Crippen molar-refractivity contribution in [1.82, 2.24) is 0 Å². The summed E-state index contributed by atoms with van der Waals surface area (Å²) in [5, 5.41) is 2.13. The van der Waals surface area contributed by atoms with Gasteiger partial charge >= 0.3 is 0 Å². The Morgan fingerprint density at radius 3 is 2.40 bits per heavy atom. The van der Waals surface area contributed by atoms with Crippen LogP contribution in [0.15, 0.2) is 11.4 Å².